The second kappa shape index (κ2) is 5.17. The summed E-state index contributed by atoms with van der Waals surface area (Å²) in [6, 6.07) is 1.85. The molecule has 0 bridgehead atoms. The summed E-state index contributed by atoms with van der Waals surface area (Å²) in [7, 11) is 0. The monoisotopic (exact) mass is 281 g/mol. The molecule has 0 amide bonds. The molecule has 19 heavy (non-hydrogen) atoms. The molecule has 0 unspecified atom stereocenters. The van der Waals surface area contributed by atoms with Gasteiger partial charge in [-0.3, -0.25) is 0 Å². The predicted octanol–water partition coefficient (Wildman–Crippen LogP) is 2.37. The zero-order valence-corrected chi connectivity index (χ0v) is 12.9. The zero-order chi connectivity index (χ0) is 14.1. The van der Waals surface area contributed by atoms with Crippen molar-refractivity contribution in [2.24, 2.45) is 5.84 Å². The van der Waals surface area contributed by atoms with E-state index < -0.39 is 0 Å². The maximum Gasteiger partial charge on any atom is 0.145 e. The maximum absolute atomic E-state index is 5.48. The summed E-state index contributed by atoms with van der Waals surface area (Å²) in [6.45, 7) is 7.23. The Hall–Kier alpha value is -1.01. The number of nitrogens with zero attached hydrogens (tertiary/aromatic N) is 2. The molecule has 0 aromatic carbocycles. The van der Waals surface area contributed by atoms with E-state index in [1.54, 1.807) is 0 Å². The van der Waals surface area contributed by atoms with E-state index in [1.807, 2.05) is 17.8 Å². The molecule has 1 aromatic heterocycles. The minimum Gasteiger partial charge on any atom is -0.369 e. The molecule has 5 nitrogen and oxygen atoms in total. The van der Waals surface area contributed by atoms with Gasteiger partial charge in [-0.2, -0.15) is 11.8 Å². The molecule has 0 atom stereocenters. The number of hydrazine groups is 1. The summed E-state index contributed by atoms with van der Waals surface area (Å²) in [5, 5.41) is 3.42. The highest BCUT2D eigenvalue weighted by Crippen LogP contribution is 2.47. The van der Waals surface area contributed by atoms with Gasteiger partial charge in [0.1, 0.15) is 17.5 Å². The van der Waals surface area contributed by atoms with Crippen molar-refractivity contribution in [1.82, 2.24) is 9.97 Å². The molecule has 1 aliphatic rings. The van der Waals surface area contributed by atoms with Crippen LogP contribution < -0.4 is 16.6 Å². The Balaban J connectivity index is 2.15. The fraction of sp³-hybridized carbons (Fsp3) is 0.692. The van der Waals surface area contributed by atoms with Crippen molar-refractivity contribution in [2.45, 2.75) is 43.8 Å². The highest BCUT2D eigenvalue weighted by Gasteiger charge is 2.41. The molecular formula is C13H23N5S. The number of nitrogens with two attached hydrogens (primary N) is 1. The highest BCUT2D eigenvalue weighted by atomic mass is 32.2. The third-order valence-electron chi connectivity index (χ3n) is 3.38. The Labute approximate surface area is 119 Å². The number of hydrogen-bond acceptors (Lipinski definition) is 6. The van der Waals surface area contributed by atoms with Gasteiger partial charge in [0, 0.05) is 22.8 Å². The van der Waals surface area contributed by atoms with Crippen LogP contribution in [0.25, 0.3) is 0 Å². The van der Waals surface area contributed by atoms with Crippen LogP contribution in [0, 0.1) is 0 Å². The number of anilines is 2. The van der Waals surface area contributed by atoms with Gasteiger partial charge in [0.25, 0.3) is 0 Å². The van der Waals surface area contributed by atoms with Gasteiger partial charge >= 0.3 is 0 Å². The lowest BCUT2D eigenvalue weighted by atomic mass is 9.96. The van der Waals surface area contributed by atoms with Crippen LogP contribution in [-0.4, -0.2) is 27.5 Å². The average Bonchev–Trinajstić information content (AvgIpc) is 3.15. The molecule has 106 valence electrons. The topological polar surface area (TPSA) is 75.9 Å². The van der Waals surface area contributed by atoms with Gasteiger partial charge in [-0.25, -0.2) is 15.8 Å². The van der Waals surface area contributed by atoms with E-state index in [0.29, 0.717) is 10.6 Å². The van der Waals surface area contributed by atoms with E-state index in [-0.39, 0.29) is 5.41 Å². The third kappa shape index (κ3) is 3.51. The number of aromatic nitrogens is 2. The lowest BCUT2D eigenvalue weighted by Crippen LogP contribution is -2.22. The molecule has 0 saturated heterocycles. The van der Waals surface area contributed by atoms with Gasteiger partial charge in [0.05, 0.1) is 0 Å². The number of thioether (sulfide) groups is 1. The van der Waals surface area contributed by atoms with Crippen LogP contribution in [0.4, 0.5) is 11.6 Å². The Bertz CT molecular complexity index is 451. The van der Waals surface area contributed by atoms with Crippen LogP contribution in [0.5, 0.6) is 0 Å². The van der Waals surface area contributed by atoms with Crippen molar-refractivity contribution < 1.29 is 0 Å². The van der Waals surface area contributed by atoms with E-state index >= 15 is 0 Å². The molecule has 0 spiro atoms. The second-order valence-electron chi connectivity index (χ2n) is 6.10. The summed E-state index contributed by atoms with van der Waals surface area (Å²) >= 11 is 1.93. The smallest absolute Gasteiger partial charge is 0.145 e. The van der Waals surface area contributed by atoms with E-state index in [1.165, 1.54) is 12.8 Å². The van der Waals surface area contributed by atoms with Crippen molar-refractivity contribution in [3.05, 3.63) is 11.9 Å². The van der Waals surface area contributed by atoms with Crippen molar-refractivity contribution in [2.75, 3.05) is 23.5 Å². The van der Waals surface area contributed by atoms with E-state index in [0.717, 1.165) is 18.2 Å². The van der Waals surface area contributed by atoms with Gasteiger partial charge in [0.15, 0.2) is 0 Å². The predicted molar refractivity (Wildman–Crippen MR) is 82.5 cm³/mol. The van der Waals surface area contributed by atoms with Crippen molar-refractivity contribution in [3.63, 3.8) is 0 Å². The van der Waals surface area contributed by atoms with Gasteiger partial charge < -0.3 is 10.7 Å². The molecule has 1 aromatic rings. The molecule has 4 N–H and O–H groups in total. The zero-order valence-electron chi connectivity index (χ0n) is 12.1. The first-order valence-electron chi connectivity index (χ1n) is 6.54. The fourth-order valence-corrected chi connectivity index (χ4v) is 2.52. The molecule has 0 aliphatic heterocycles. The standard InChI is InChI=1S/C13H23N5S/c1-12(2,3)11-16-9(7-10(17-11)18-14)15-8-13(19-4)5-6-13/h7H,5-6,8,14H2,1-4H3,(H2,15,16,17,18). The number of nitrogens with one attached hydrogen (secondary N) is 2. The van der Waals surface area contributed by atoms with E-state index in [9.17, 15) is 0 Å². The van der Waals surface area contributed by atoms with Crippen molar-refractivity contribution in [3.8, 4) is 0 Å². The molecular weight excluding hydrogens is 258 g/mol. The van der Waals surface area contributed by atoms with Crippen LogP contribution >= 0.6 is 11.8 Å². The molecule has 1 aliphatic carbocycles. The fourth-order valence-electron chi connectivity index (χ4n) is 1.79. The molecule has 0 radical (unpaired) electrons. The third-order valence-corrected chi connectivity index (χ3v) is 4.80. The van der Waals surface area contributed by atoms with Crippen molar-refractivity contribution >= 4 is 23.4 Å². The summed E-state index contributed by atoms with van der Waals surface area (Å²) < 4.78 is 0.406. The lowest BCUT2D eigenvalue weighted by molar-refractivity contribution is 0.546. The molecule has 1 fully saturated rings. The van der Waals surface area contributed by atoms with Crippen LogP contribution in [0.15, 0.2) is 6.07 Å². The molecule has 6 heteroatoms. The number of hydrogen-bond donors (Lipinski definition) is 3. The SMILES string of the molecule is CSC1(CNc2cc(NN)nc(C(C)(C)C)n2)CC1. The molecule has 1 heterocycles. The van der Waals surface area contributed by atoms with Crippen LogP contribution in [-0.2, 0) is 5.41 Å². The Morgan fingerprint density at radius 2 is 1.95 bits per heavy atom. The van der Waals surface area contributed by atoms with Crippen molar-refractivity contribution in [1.29, 1.82) is 0 Å². The Kier molecular flexibility index (Phi) is 3.92. The largest absolute Gasteiger partial charge is 0.369 e. The summed E-state index contributed by atoms with van der Waals surface area (Å²) in [5.74, 6) is 7.76. The van der Waals surface area contributed by atoms with E-state index in [2.05, 4.69) is 47.7 Å². The summed E-state index contributed by atoms with van der Waals surface area (Å²) in [5.41, 5.74) is 2.51. The van der Waals surface area contributed by atoms with Gasteiger partial charge in [-0.1, -0.05) is 20.8 Å². The van der Waals surface area contributed by atoms with Crippen LogP contribution in [0.1, 0.15) is 39.4 Å². The van der Waals surface area contributed by atoms with E-state index in [4.69, 9.17) is 5.84 Å². The minimum atomic E-state index is -0.0972. The summed E-state index contributed by atoms with van der Waals surface area (Å²) in [4.78, 5) is 9.00. The average molecular weight is 281 g/mol. The quantitative estimate of drug-likeness (QED) is 0.568. The number of nitrogen functional groups attached to an aromatic ring is 1. The highest BCUT2D eigenvalue weighted by molar-refractivity contribution is 8.00. The van der Waals surface area contributed by atoms with Crippen LogP contribution in [0.3, 0.4) is 0 Å². The van der Waals surface area contributed by atoms with Gasteiger partial charge in [0.2, 0.25) is 0 Å². The normalized spacial score (nSPS) is 17.1. The summed E-state index contributed by atoms with van der Waals surface area (Å²) in [6.07, 6.45) is 4.73. The van der Waals surface area contributed by atoms with Crippen LogP contribution in [0.2, 0.25) is 0 Å². The number of rotatable bonds is 5. The minimum absolute atomic E-state index is 0.0972. The lowest BCUT2D eigenvalue weighted by Gasteiger charge is -2.20. The van der Waals surface area contributed by atoms with Gasteiger partial charge in [-0.05, 0) is 19.1 Å². The molecule has 1 saturated carbocycles. The first kappa shape index (κ1) is 14.4. The maximum atomic E-state index is 5.48. The first-order valence-corrected chi connectivity index (χ1v) is 7.76. The Morgan fingerprint density at radius 3 is 2.42 bits per heavy atom. The first-order chi connectivity index (χ1) is 8.88. The second-order valence-corrected chi connectivity index (χ2v) is 7.37. The molecule has 2 rings (SSSR count). The van der Waals surface area contributed by atoms with Gasteiger partial charge in [-0.15, -0.1) is 0 Å². The Morgan fingerprint density at radius 1 is 1.32 bits per heavy atom.